The molecule has 0 radical (unpaired) electrons. The molecule has 2 atom stereocenters. The van der Waals surface area contributed by atoms with Crippen molar-refractivity contribution in [2.75, 3.05) is 18.4 Å². The average Bonchev–Trinajstić information content (AvgIpc) is 2.94. The molecule has 2 aromatic rings. The third-order valence-electron chi connectivity index (χ3n) is 6.20. The number of amides is 4. The zero-order valence-corrected chi connectivity index (χ0v) is 26.1. The second-order valence-electron chi connectivity index (χ2n) is 11.5. The van der Waals surface area contributed by atoms with Crippen molar-refractivity contribution in [1.29, 1.82) is 0 Å². The number of nitrogens with zero attached hydrogens (tertiary/aromatic N) is 1. The molecule has 246 valence electrons. The molecule has 15 heteroatoms. The van der Waals surface area contributed by atoms with E-state index in [2.05, 4.69) is 21.3 Å². The first kappa shape index (κ1) is 36.3. The Morgan fingerprint density at radius 3 is 2.20 bits per heavy atom. The summed E-state index contributed by atoms with van der Waals surface area (Å²) in [5.74, 6) is -0.200. The van der Waals surface area contributed by atoms with Gasteiger partial charge in [0.1, 0.15) is 18.0 Å². The van der Waals surface area contributed by atoms with Crippen LogP contribution >= 0.6 is 0 Å². The van der Waals surface area contributed by atoms with Crippen LogP contribution in [0.5, 0.6) is 5.75 Å². The summed E-state index contributed by atoms with van der Waals surface area (Å²) in [6.07, 6.45) is -0.710. The smallest absolute Gasteiger partial charge is 0.444 e. The Morgan fingerprint density at radius 2 is 1.64 bits per heavy atom. The molecule has 0 aliphatic rings. The fourth-order valence-corrected chi connectivity index (χ4v) is 3.84. The van der Waals surface area contributed by atoms with Crippen molar-refractivity contribution in [2.45, 2.75) is 71.8 Å². The van der Waals surface area contributed by atoms with Gasteiger partial charge in [-0.05, 0) is 69.4 Å². The minimum absolute atomic E-state index is 0.0337. The maximum Gasteiger partial charge on any atom is 0.514 e. The van der Waals surface area contributed by atoms with Crippen LogP contribution in [-0.4, -0.2) is 59.9 Å². The van der Waals surface area contributed by atoms with Gasteiger partial charge in [0.15, 0.2) is 0 Å². The second-order valence-corrected chi connectivity index (χ2v) is 11.5. The molecule has 6 N–H and O–H groups in total. The number of ether oxygens (including phenoxy) is 3. The van der Waals surface area contributed by atoms with E-state index in [-0.39, 0.29) is 49.0 Å². The summed E-state index contributed by atoms with van der Waals surface area (Å²) in [4.78, 5) is 58.8. The molecule has 4 amide bonds. The molecule has 0 heterocycles. The monoisotopic (exact) mass is 630 g/mol. The molecule has 0 aromatic heterocycles. The minimum atomic E-state index is -0.984. The van der Waals surface area contributed by atoms with Crippen molar-refractivity contribution in [3.63, 3.8) is 0 Å². The van der Waals surface area contributed by atoms with Gasteiger partial charge in [0.2, 0.25) is 5.91 Å². The number of benzene rings is 2. The van der Waals surface area contributed by atoms with Crippen molar-refractivity contribution in [2.24, 2.45) is 11.7 Å². The van der Waals surface area contributed by atoms with Gasteiger partial charge < -0.3 is 41.2 Å². The number of hydrogen-bond donors (Lipinski definition) is 5. The number of urea groups is 1. The van der Waals surface area contributed by atoms with Gasteiger partial charge in [-0.25, -0.2) is 14.4 Å². The molecule has 0 saturated carbocycles. The van der Waals surface area contributed by atoms with Crippen LogP contribution in [0.25, 0.3) is 0 Å². The number of non-ortho nitro benzene ring substituents is 1. The van der Waals surface area contributed by atoms with Gasteiger partial charge in [-0.1, -0.05) is 26.0 Å². The van der Waals surface area contributed by atoms with Gasteiger partial charge in [0, 0.05) is 37.0 Å². The zero-order valence-electron chi connectivity index (χ0n) is 26.1. The van der Waals surface area contributed by atoms with Gasteiger partial charge in [-0.2, -0.15) is 0 Å². The third-order valence-corrected chi connectivity index (χ3v) is 6.20. The van der Waals surface area contributed by atoms with E-state index < -0.39 is 34.8 Å². The van der Waals surface area contributed by atoms with Gasteiger partial charge >= 0.3 is 18.3 Å². The van der Waals surface area contributed by atoms with Crippen LogP contribution in [0.15, 0.2) is 48.5 Å². The Morgan fingerprint density at radius 1 is 1.00 bits per heavy atom. The Balaban J connectivity index is 1.96. The standard InChI is InChI=1S/C30H42N6O9/c1-19(2)25(35-28(39)45-30(3,4)5)17-33-24(7-6-16-32-27(31)38)26(37)34-21-10-8-20(9-11-21)18-43-29(40)44-23-14-12-22(13-15-23)36(41)42/h8-15,19,24-25,33H,6-7,16-18H2,1-5H3,(H,34,37)(H,35,39)(H3,31,32,38)/t24-,25+/m0/s1. The van der Waals surface area contributed by atoms with Crippen LogP contribution in [0, 0.1) is 16.0 Å². The van der Waals surface area contributed by atoms with Crippen LogP contribution in [0.3, 0.4) is 0 Å². The Bertz CT molecular complexity index is 1290. The highest BCUT2D eigenvalue weighted by Gasteiger charge is 2.24. The number of hydrogen-bond acceptors (Lipinski definition) is 10. The van der Waals surface area contributed by atoms with Crippen LogP contribution in [-0.2, 0) is 20.9 Å². The van der Waals surface area contributed by atoms with Gasteiger partial charge in [-0.3, -0.25) is 14.9 Å². The highest BCUT2D eigenvalue weighted by atomic mass is 16.7. The van der Waals surface area contributed by atoms with Crippen molar-refractivity contribution in [1.82, 2.24) is 16.0 Å². The molecule has 0 saturated heterocycles. The molecule has 15 nitrogen and oxygen atoms in total. The lowest BCUT2D eigenvalue weighted by atomic mass is 10.0. The molecule has 2 rings (SSSR count). The number of alkyl carbamates (subject to hydrolysis) is 1. The molecular weight excluding hydrogens is 588 g/mol. The van der Waals surface area contributed by atoms with Gasteiger partial charge in [0.05, 0.1) is 11.0 Å². The Hall–Kier alpha value is -4.92. The van der Waals surface area contributed by atoms with Crippen molar-refractivity contribution in [3.8, 4) is 5.75 Å². The van der Waals surface area contributed by atoms with Crippen LogP contribution < -0.4 is 31.7 Å². The lowest BCUT2D eigenvalue weighted by Crippen LogP contribution is -2.51. The molecule has 0 bridgehead atoms. The molecule has 2 aromatic carbocycles. The number of carbonyl (C=O) groups is 4. The lowest BCUT2D eigenvalue weighted by molar-refractivity contribution is -0.384. The van der Waals surface area contributed by atoms with E-state index >= 15 is 0 Å². The summed E-state index contributed by atoms with van der Waals surface area (Å²) >= 11 is 0. The fourth-order valence-electron chi connectivity index (χ4n) is 3.84. The number of nitrogens with one attached hydrogen (secondary N) is 4. The SMILES string of the molecule is CC(C)[C@@H](CN[C@@H](CCCNC(N)=O)C(=O)Nc1ccc(COC(=O)Oc2ccc([N+](=O)[O-])cc2)cc1)NC(=O)OC(C)(C)C. The summed E-state index contributed by atoms with van der Waals surface area (Å²) in [6.45, 7) is 9.65. The Labute approximate surface area is 261 Å². The number of carbonyl (C=O) groups excluding carboxylic acids is 4. The molecule has 0 fully saturated rings. The number of nitrogens with two attached hydrogens (primary N) is 1. The van der Waals surface area contributed by atoms with Crippen LogP contribution in [0.2, 0.25) is 0 Å². The number of nitro benzene ring substituents is 1. The van der Waals surface area contributed by atoms with Crippen molar-refractivity contribution >= 4 is 35.6 Å². The molecular formula is C30H42N6O9. The van der Waals surface area contributed by atoms with E-state index in [0.29, 0.717) is 24.1 Å². The zero-order chi connectivity index (χ0) is 33.6. The average molecular weight is 631 g/mol. The number of anilines is 1. The predicted octanol–water partition coefficient (Wildman–Crippen LogP) is 4.20. The number of rotatable bonds is 15. The maximum absolute atomic E-state index is 13.2. The van der Waals surface area contributed by atoms with Gasteiger partial charge in [0.25, 0.3) is 5.69 Å². The minimum Gasteiger partial charge on any atom is -0.444 e. The van der Waals surface area contributed by atoms with Crippen LogP contribution in [0.4, 0.5) is 25.8 Å². The molecule has 0 unspecified atom stereocenters. The van der Waals surface area contributed by atoms with E-state index in [1.54, 1.807) is 45.0 Å². The first-order chi connectivity index (χ1) is 21.1. The second kappa shape index (κ2) is 17.4. The molecule has 0 spiro atoms. The Kier molecular flexibility index (Phi) is 14.0. The summed E-state index contributed by atoms with van der Waals surface area (Å²) in [7, 11) is 0. The maximum atomic E-state index is 13.2. The van der Waals surface area contributed by atoms with E-state index in [9.17, 15) is 29.3 Å². The van der Waals surface area contributed by atoms with Gasteiger partial charge in [-0.15, -0.1) is 0 Å². The molecule has 0 aliphatic heterocycles. The predicted molar refractivity (Wildman–Crippen MR) is 166 cm³/mol. The largest absolute Gasteiger partial charge is 0.514 e. The quantitative estimate of drug-likeness (QED) is 0.0621. The fraction of sp³-hybridized carbons (Fsp3) is 0.467. The number of primary amides is 1. The first-order valence-electron chi connectivity index (χ1n) is 14.4. The summed E-state index contributed by atoms with van der Waals surface area (Å²) in [5.41, 5.74) is 5.45. The first-order valence-corrected chi connectivity index (χ1v) is 14.4. The molecule has 45 heavy (non-hydrogen) atoms. The van der Waals surface area contributed by atoms with E-state index in [0.717, 1.165) is 0 Å². The van der Waals surface area contributed by atoms with E-state index in [1.807, 2.05) is 13.8 Å². The van der Waals surface area contributed by atoms with Crippen LogP contribution in [0.1, 0.15) is 53.0 Å². The lowest BCUT2D eigenvalue weighted by Gasteiger charge is -2.28. The normalized spacial score (nSPS) is 12.4. The van der Waals surface area contributed by atoms with Crippen molar-refractivity contribution < 1.29 is 38.3 Å². The number of nitro groups is 1. The topological polar surface area (TPSA) is 213 Å². The third kappa shape index (κ3) is 14.4. The molecule has 0 aliphatic carbocycles. The highest BCUT2D eigenvalue weighted by molar-refractivity contribution is 5.94. The van der Waals surface area contributed by atoms with Crippen molar-refractivity contribution in [3.05, 3.63) is 64.2 Å². The summed E-state index contributed by atoms with van der Waals surface area (Å²) in [6, 6.07) is 9.94. The summed E-state index contributed by atoms with van der Waals surface area (Å²) in [5, 5.41) is 22.2. The van der Waals surface area contributed by atoms with E-state index in [4.69, 9.17) is 19.9 Å². The summed E-state index contributed by atoms with van der Waals surface area (Å²) < 4.78 is 15.5. The highest BCUT2D eigenvalue weighted by Crippen LogP contribution is 2.18. The van der Waals surface area contributed by atoms with E-state index in [1.165, 1.54) is 24.3 Å².